The average molecular weight is 633 g/mol. The maximum absolute atomic E-state index is 12.9. The predicted octanol–water partition coefficient (Wildman–Crippen LogP) is 1.98. The van der Waals surface area contributed by atoms with E-state index in [1.165, 1.54) is 42.7 Å². The summed E-state index contributed by atoms with van der Waals surface area (Å²) in [5.41, 5.74) is 1.14. The fraction of sp³-hybridized carbons (Fsp3) is 0.800. The molecule has 0 spiro atoms. The third-order valence-electron chi connectivity index (χ3n) is 7.78. The van der Waals surface area contributed by atoms with Crippen LogP contribution in [0.3, 0.4) is 0 Å². The summed E-state index contributed by atoms with van der Waals surface area (Å²) in [5, 5.41) is 0. The van der Waals surface area contributed by atoms with E-state index in [1.807, 2.05) is 0 Å². The molecule has 0 aromatic rings. The van der Waals surface area contributed by atoms with Crippen LogP contribution in [0.1, 0.15) is 67.2 Å². The van der Waals surface area contributed by atoms with Crippen LogP contribution in [-0.2, 0) is 57.2 Å². The molecule has 0 bridgehead atoms. The second-order valence-electron chi connectivity index (χ2n) is 12.8. The molecule has 4 unspecified atom stereocenters. The van der Waals surface area contributed by atoms with E-state index >= 15 is 0 Å². The van der Waals surface area contributed by atoms with Gasteiger partial charge in [0.1, 0.15) is 0 Å². The molecule has 0 aromatic carbocycles. The zero-order valence-corrected chi connectivity index (χ0v) is 28.3. The maximum atomic E-state index is 12.9. The van der Waals surface area contributed by atoms with Gasteiger partial charge < -0.3 is 28.4 Å². The van der Waals surface area contributed by atoms with Crippen molar-refractivity contribution in [3.8, 4) is 0 Å². The normalized spacial score (nSPS) is 15.8. The summed E-state index contributed by atoms with van der Waals surface area (Å²) in [4.78, 5) is 76.0. The van der Waals surface area contributed by atoms with E-state index in [9.17, 15) is 28.8 Å². The van der Waals surface area contributed by atoms with Crippen molar-refractivity contribution in [1.29, 1.82) is 0 Å². The third kappa shape index (κ3) is 11.3. The molecule has 0 fully saturated rings. The molecular weight excluding hydrogens is 580 g/mol. The zero-order chi connectivity index (χ0) is 34.5. The lowest BCUT2D eigenvalue weighted by Crippen LogP contribution is -2.47. The second-order valence-corrected chi connectivity index (χ2v) is 12.8. The first kappa shape index (κ1) is 40.7. The molecule has 0 rings (SSSR count). The number of hydrazine groups is 1. The molecule has 4 atom stereocenters. The van der Waals surface area contributed by atoms with Crippen molar-refractivity contribution in [2.75, 3.05) is 55.7 Å². The van der Waals surface area contributed by atoms with Crippen LogP contribution >= 0.6 is 0 Å². The van der Waals surface area contributed by atoms with Crippen LogP contribution in [0.25, 0.3) is 0 Å². The average Bonchev–Trinajstić information content (AvgIpc) is 2.98. The summed E-state index contributed by atoms with van der Waals surface area (Å²) in [6.45, 7) is 9.67. The maximum Gasteiger partial charge on any atom is 0.311 e. The van der Waals surface area contributed by atoms with Crippen LogP contribution in [0.2, 0.25) is 0 Å². The number of esters is 6. The quantitative estimate of drug-likeness (QED) is 0.0912. The molecule has 0 heterocycles. The molecule has 0 aliphatic rings. The molecule has 254 valence electrons. The fourth-order valence-corrected chi connectivity index (χ4v) is 5.89. The van der Waals surface area contributed by atoms with Gasteiger partial charge in [0, 0.05) is 13.1 Å². The van der Waals surface area contributed by atoms with Gasteiger partial charge in [0.05, 0.1) is 76.2 Å². The Labute approximate surface area is 260 Å². The highest BCUT2D eigenvalue weighted by Crippen LogP contribution is 2.42. The van der Waals surface area contributed by atoms with Crippen LogP contribution in [0.4, 0.5) is 0 Å². The Kier molecular flexibility index (Phi) is 16.0. The molecule has 0 saturated heterocycles. The first-order chi connectivity index (χ1) is 20.2. The van der Waals surface area contributed by atoms with Gasteiger partial charge in [0.2, 0.25) is 0 Å². The van der Waals surface area contributed by atoms with Gasteiger partial charge >= 0.3 is 35.8 Å². The molecule has 0 aliphatic heterocycles. The monoisotopic (exact) mass is 632 g/mol. The molecule has 14 nitrogen and oxygen atoms in total. The van der Waals surface area contributed by atoms with Crippen molar-refractivity contribution < 1.29 is 57.2 Å². The van der Waals surface area contributed by atoms with Gasteiger partial charge in [-0.1, -0.05) is 0 Å². The summed E-state index contributed by atoms with van der Waals surface area (Å²) in [7, 11) is 7.38. The van der Waals surface area contributed by atoms with E-state index in [2.05, 4.69) is 10.9 Å². The number of carbonyl (C=O) groups excluding carboxylic acids is 6. The smallest absolute Gasteiger partial charge is 0.311 e. The van der Waals surface area contributed by atoms with Gasteiger partial charge in [0.25, 0.3) is 0 Å². The number of ether oxygens (including phenoxy) is 6. The highest BCUT2D eigenvalue weighted by atomic mass is 16.5. The van der Waals surface area contributed by atoms with Crippen LogP contribution < -0.4 is 10.9 Å². The van der Waals surface area contributed by atoms with Gasteiger partial charge in [-0.25, -0.2) is 0 Å². The number of carbonyl (C=O) groups is 6. The van der Waals surface area contributed by atoms with Gasteiger partial charge in [-0.2, -0.15) is 0 Å². The van der Waals surface area contributed by atoms with Crippen molar-refractivity contribution in [3.63, 3.8) is 0 Å². The first-order valence-corrected chi connectivity index (χ1v) is 14.2. The molecule has 14 heteroatoms. The number of hydrogen-bond acceptors (Lipinski definition) is 14. The Morgan fingerprint density at radius 1 is 0.477 bits per heavy atom. The minimum Gasteiger partial charge on any atom is -0.469 e. The molecule has 0 saturated carbocycles. The lowest BCUT2D eigenvalue weighted by molar-refractivity contribution is -0.164. The largest absolute Gasteiger partial charge is 0.469 e. The minimum atomic E-state index is -1.27. The fourth-order valence-electron chi connectivity index (χ4n) is 5.89. The number of methoxy groups -OCH3 is 6. The van der Waals surface area contributed by atoms with Crippen LogP contribution in [0.5, 0.6) is 0 Å². The number of nitrogens with one attached hydrogen (secondary N) is 2. The van der Waals surface area contributed by atoms with Crippen LogP contribution in [0.15, 0.2) is 0 Å². The molecular formula is C30H52N2O12. The summed E-state index contributed by atoms with van der Waals surface area (Å²) in [6, 6.07) is 0. The zero-order valence-electron chi connectivity index (χ0n) is 28.3. The van der Waals surface area contributed by atoms with Crippen molar-refractivity contribution in [2.24, 2.45) is 33.5 Å². The summed E-state index contributed by atoms with van der Waals surface area (Å²) in [6.07, 6.45) is -0.0206. The predicted molar refractivity (Wildman–Crippen MR) is 157 cm³/mol. The highest BCUT2D eigenvalue weighted by Gasteiger charge is 2.47. The van der Waals surface area contributed by atoms with Crippen molar-refractivity contribution >= 4 is 35.8 Å². The van der Waals surface area contributed by atoms with E-state index in [0.717, 1.165) is 0 Å². The van der Waals surface area contributed by atoms with Gasteiger partial charge in [-0.05, 0) is 67.2 Å². The number of hydrogen-bond donors (Lipinski definition) is 2. The Hall–Kier alpha value is -3.26. The summed E-state index contributed by atoms with van der Waals surface area (Å²) >= 11 is 0. The first-order valence-electron chi connectivity index (χ1n) is 14.2. The Balaban J connectivity index is 5.93. The van der Waals surface area contributed by atoms with E-state index < -0.39 is 69.3 Å². The summed E-state index contributed by atoms with van der Waals surface area (Å²) in [5.74, 6) is -5.24. The van der Waals surface area contributed by atoms with E-state index in [1.54, 1.807) is 41.5 Å². The lowest BCUT2D eigenvalue weighted by Gasteiger charge is -2.36. The molecule has 0 aliphatic carbocycles. The van der Waals surface area contributed by atoms with Crippen molar-refractivity contribution in [2.45, 2.75) is 67.2 Å². The lowest BCUT2D eigenvalue weighted by atomic mass is 9.69. The Morgan fingerprint density at radius 3 is 0.977 bits per heavy atom. The third-order valence-corrected chi connectivity index (χ3v) is 7.78. The van der Waals surface area contributed by atoms with Crippen molar-refractivity contribution in [1.82, 2.24) is 10.9 Å². The SMILES string of the molecule is COC(=O)C(CNNCC(CC(C)(CC(C)(C)C(=O)OC)C(=O)OC)C(=O)OC)CC(C)(CC(C)(C)C(=O)OC)C(=O)OC. The standard InChI is InChI=1S/C30H52N2O12/c1-27(2,23(35)41-9)17-29(5,25(37)43-11)13-19(21(33)39-7)15-31-32-16-20(22(34)40-8)14-30(6,26(38)44-12)18-28(3,4)24(36)42-10/h19-20,31-32H,13-18H2,1-12H3. The van der Waals surface area contributed by atoms with Crippen LogP contribution in [-0.4, -0.2) is 91.6 Å². The van der Waals surface area contributed by atoms with Crippen LogP contribution in [0, 0.1) is 33.5 Å². The molecule has 0 radical (unpaired) electrons. The minimum absolute atomic E-state index is 0.0265. The number of rotatable bonds is 19. The van der Waals surface area contributed by atoms with Gasteiger partial charge in [0.15, 0.2) is 0 Å². The van der Waals surface area contributed by atoms with Gasteiger partial charge in [-0.15, -0.1) is 0 Å². The topological polar surface area (TPSA) is 182 Å². The molecule has 2 N–H and O–H groups in total. The molecule has 0 amide bonds. The highest BCUT2D eigenvalue weighted by molar-refractivity contribution is 5.82. The molecule has 0 aromatic heterocycles. The second kappa shape index (κ2) is 17.3. The van der Waals surface area contributed by atoms with E-state index in [-0.39, 0.29) is 38.8 Å². The van der Waals surface area contributed by atoms with E-state index in [4.69, 9.17) is 28.4 Å². The Bertz CT molecular complexity index is 947. The Morgan fingerprint density at radius 2 is 0.750 bits per heavy atom. The van der Waals surface area contributed by atoms with E-state index in [0.29, 0.717) is 0 Å². The van der Waals surface area contributed by atoms with Crippen molar-refractivity contribution in [3.05, 3.63) is 0 Å². The molecule has 44 heavy (non-hydrogen) atoms. The summed E-state index contributed by atoms with van der Waals surface area (Å²) < 4.78 is 29.7. The van der Waals surface area contributed by atoms with Gasteiger partial charge in [-0.3, -0.25) is 39.6 Å².